The van der Waals surface area contributed by atoms with Gasteiger partial charge in [0, 0.05) is 22.9 Å². The van der Waals surface area contributed by atoms with Crippen LogP contribution in [0, 0.1) is 25.2 Å². The molecule has 0 fully saturated rings. The molecule has 19 heavy (non-hydrogen) atoms. The van der Waals surface area contributed by atoms with Gasteiger partial charge in [0.25, 0.3) is 0 Å². The van der Waals surface area contributed by atoms with Gasteiger partial charge in [-0.2, -0.15) is 5.26 Å². The van der Waals surface area contributed by atoms with Gasteiger partial charge < -0.3 is 10.2 Å². The average molecular weight is 322 g/mol. The lowest BCUT2D eigenvalue weighted by Crippen LogP contribution is -1.82. The zero-order valence-corrected chi connectivity index (χ0v) is 12.0. The Morgan fingerprint density at radius 2 is 1.58 bits per heavy atom. The molecular weight excluding hydrogens is 310 g/mol. The minimum atomic E-state index is 0.0686. The maximum Gasteiger partial charge on any atom is 0.138 e. The van der Waals surface area contributed by atoms with Crippen molar-refractivity contribution in [3.63, 3.8) is 0 Å². The van der Waals surface area contributed by atoms with Gasteiger partial charge in [-0.25, -0.2) is 0 Å². The molecule has 0 unspecified atom stereocenters. The smallest absolute Gasteiger partial charge is 0.138 e. The molecule has 2 rings (SSSR count). The van der Waals surface area contributed by atoms with Gasteiger partial charge in [-0.3, -0.25) is 9.97 Å². The van der Waals surface area contributed by atoms with Crippen LogP contribution in [0.4, 0.5) is 0 Å². The first kappa shape index (κ1) is 14.9. The number of halogens is 1. The van der Waals surface area contributed by atoms with Crippen molar-refractivity contribution in [2.45, 2.75) is 13.8 Å². The maximum absolute atomic E-state index is 9.02. The van der Waals surface area contributed by atoms with E-state index in [9.17, 15) is 0 Å². The Morgan fingerprint density at radius 3 is 2.00 bits per heavy atom. The number of aromatic nitrogens is 2. The van der Waals surface area contributed by atoms with E-state index in [-0.39, 0.29) is 11.5 Å². The van der Waals surface area contributed by atoms with Crippen molar-refractivity contribution in [2.24, 2.45) is 0 Å². The third-order valence-electron chi connectivity index (χ3n) is 2.22. The summed E-state index contributed by atoms with van der Waals surface area (Å²) in [7, 11) is 0. The summed E-state index contributed by atoms with van der Waals surface area (Å²) in [6.45, 7) is 3.43. The number of hydrogen-bond acceptors (Lipinski definition) is 5. The third kappa shape index (κ3) is 4.56. The van der Waals surface area contributed by atoms with Crippen LogP contribution in [0.3, 0.4) is 0 Å². The second kappa shape index (κ2) is 6.71. The average Bonchev–Trinajstić information content (AvgIpc) is 2.38. The molecule has 0 spiro atoms. The van der Waals surface area contributed by atoms with Crippen molar-refractivity contribution < 1.29 is 10.2 Å². The van der Waals surface area contributed by atoms with Crippen LogP contribution in [-0.2, 0) is 0 Å². The minimum Gasteiger partial charge on any atom is -0.506 e. The number of pyridine rings is 2. The molecule has 0 aliphatic rings. The third-order valence-corrected chi connectivity index (χ3v) is 2.65. The second-order valence-corrected chi connectivity index (χ2v) is 4.61. The molecule has 2 heterocycles. The molecular formula is C13H12BrN3O2. The zero-order valence-electron chi connectivity index (χ0n) is 10.4. The van der Waals surface area contributed by atoms with E-state index in [1.165, 1.54) is 12.3 Å². The number of rotatable bonds is 0. The molecule has 0 aliphatic heterocycles. The van der Waals surface area contributed by atoms with Gasteiger partial charge >= 0.3 is 0 Å². The van der Waals surface area contributed by atoms with Gasteiger partial charge in [0.05, 0.1) is 17.0 Å². The Labute approximate surface area is 119 Å². The largest absolute Gasteiger partial charge is 0.506 e. The van der Waals surface area contributed by atoms with Crippen molar-refractivity contribution >= 4 is 15.9 Å². The normalized spacial score (nSPS) is 9.16. The SMILES string of the molecule is Cc1ncc(Br)cc1O.Cc1ncc(C#N)cc1O. The Balaban J connectivity index is 0.000000191. The van der Waals surface area contributed by atoms with Crippen LogP contribution >= 0.6 is 15.9 Å². The van der Waals surface area contributed by atoms with Gasteiger partial charge in [-0.05, 0) is 35.8 Å². The molecule has 6 heteroatoms. The van der Waals surface area contributed by atoms with Gasteiger partial charge in [0.15, 0.2) is 0 Å². The molecule has 0 saturated carbocycles. The molecule has 2 N–H and O–H groups in total. The molecule has 2 aromatic rings. The Kier molecular flexibility index (Phi) is 5.27. The number of aryl methyl sites for hydroxylation is 2. The van der Waals surface area contributed by atoms with Gasteiger partial charge in [-0.15, -0.1) is 0 Å². The maximum atomic E-state index is 9.02. The first-order valence-corrected chi connectivity index (χ1v) is 6.10. The quantitative estimate of drug-likeness (QED) is 0.778. The lowest BCUT2D eigenvalue weighted by atomic mass is 10.2. The number of nitriles is 1. The highest BCUT2D eigenvalue weighted by Gasteiger charge is 1.97. The molecule has 0 amide bonds. The predicted octanol–water partition coefficient (Wildman–Crippen LogP) is 2.83. The van der Waals surface area contributed by atoms with Crippen LogP contribution in [0.15, 0.2) is 29.0 Å². The van der Waals surface area contributed by atoms with Gasteiger partial charge in [-0.1, -0.05) is 0 Å². The summed E-state index contributed by atoms with van der Waals surface area (Å²) < 4.78 is 0.797. The Hall–Kier alpha value is -2.13. The number of nitrogens with zero attached hydrogens (tertiary/aromatic N) is 3. The lowest BCUT2D eigenvalue weighted by Gasteiger charge is -1.95. The molecule has 0 atom stereocenters. The molecule has 0 bridgehead atoms. The monoisotopic (exact) mass is 321 g/mol. The minimum absolute atomic E-state index is 0.0686. The highest BCUT2D eigenvalue weighted by molar-refractivity contribution is 9.10. The number of aromatic hydroxyl groups is 2. The van der Waals surface area contributed by atoms with Crippen molar-refractivity contribution in [1.82, 2.24) is 9.97 Å². The first-order chi connectivity index (χ1) is 8.93. The summed E-state index contributed by atoms with van der Waals surface area (Å²) in [5.74, 6) is 0.295. The van der Waals surface area contributed by atoms with E-state index < -0.39 is 0 Å². The Morgan fingerprint density at radius 1 is 1.05 bits per heavy atom. The summed E-state index contributed by atoms with van der Waals surface area (Å²) in [6, 6.07) is 4.88. The summed E-state index contributed by atoms with van der Waals surface area (Å²) in [6.07, 6.45) is 3.07. The van der Waals surface area contributed by atoms with E-state index in [0.717, 1.165) is 4.47 Å². The fourth-order valence-electron chi connectivity index (χ4n) is 1.08. The highest BCUT2D eigenvalue weighted by Crippen LogP contribution is 2.17. The summed E-state index contributed by atoms with van der Waals surface area (Å²) >= 11 is 3.17. The van der Waals surface area contributed by atoms with Crippen molar-refractivity contribution in [1.29, 1.82) is 5.26 Å². The van der Waals surface area contributed by atoms with Crippen LogP contribution in [0.2, 0.25) is 0 Å². The van der Waals surface area contributed by atoms with Crippen LogP contribution in [-0.4, -0.2) is 20.2 Å². The number of hydrogen-bond donors (Lipinski definition) is 2. The van der Waals surface area contributed by atoms with E-state index >= 15 is 0 Å². The van der Waals surface area contributed by atoms with E-state index in [1.54, 1.807) is 26.1 Å². The van der Waals surface area contributed by atoms with E-state index in [2.05, 4.69) is 25.9 Å². The van der Waals surface area contributed by atoms with Crippen LogP contribution < -0.4 is 0 Å². The highest BCUT2D eigenvalue weighted by atomic mass is 79.9. The fraction of sp³-hybridized carbons (Fsp3) is 0.154. The first-order valence-electron chi connectivity index (χ1n) is 5.31. The van der Waals surface area contributed by atoms with Crippen molar-refractivity contribution in [2.75, 3.05) is 0 Å². The standard InChI is InChI=1S/C7H6N2O.C6H6BrNO/c1-5-7(10)2-6(3-8)4-9-5;1-4-6(9)2-5(7)3-8-4/h2,4,10H,1H3;2-3,9H,1H3. The summed E-state index contributed by atoms with van der Waals surface area (Å²) in [4.78, 5) is 7.66. The summed E-state index contributed by atoms with van der Waals surface area (Å²) in [5, 5.41) is 26.4. The molecule has 0 aromatic carbocycles. The van der Waals surface area contributed by atoms with E-state index in [0.29, 0.717) is 17.0 Å². The molecule has 5 nitrogen and oxygen atoms in total. The summed E-state index contributed by atoms with van der Waals surface area (Å²) in [5.41, 5.74) is 1.57. The fourth-order valence-corrected chi connectivity index (χ4v) is 1.40. The molecule has 0 aliphatic carbocycles. The van der Waals surface area contributed by atoms with Gasteiger partial charge in [0.2, 0.25) is 0 Å². The molecule has 0 radical (unpaired) electrons. The van der Waals surface area contributed by atoms with Crippen LogP contribution in [0.25, 0.3) is 0 Å². The molecule has 2 aromatic heterocycles. The second-order valence-electron chi connectivity index (χ2n) is 3.70. The Bertz CT molecular complexity index is 624. The van der Waals surface area contributed by atoms with Gasteiger partial charge in [0.1, 0.15) is 17.6 Å². The van der Waals surface area contributed by atoms with Crippen LogP contribution in [0.1, 0.15) is 17.0 Å². The zero-order chi connectivity index (χ0) is 14.4. The van der Waals surface area contributed by atoms with Crippen molar-refractivity contribution in [3.8, 4) is 17.6 Å². The van der Waals surface area contributed by atoms with E-state index in [4.69, 9.17) is 15.5 Å². The van der Waals surface area contributed by atoms with Crippen molar-refractivity contribution in [3.05, 3.63) is 46.0 Å². The topological polar surface area (TPSA) is 90.0 Å². The van der Waals surface area contributed by atoms with E-state index in [1.807, 2.05) is 6.07 Å². The van der Waals surface area contributed by atoms with Crippen LogP contribution in [0.5, 0.6) is 11.5 Å². The molecule has 0 saturated heterocycles. The predicted molar refractivity (Wildman–Crippen MR) is 73.7 cm³/mol. The lowest BCUT2D eigenvalue weighted by molar-refractivity contribution is 0.467. The molecule has 98 valence electrons.